The zero-order valence-corrected chi connectivity index (χ0v) is 12.3. The van der Waals surface area contributed by atoms with Crippen LogP contribution in [-0.2, 0) is 6.42 Å². The van der Waals surface area contributed by atoms with E-state index in [1.54, 1.807) is 6.07 Å². The third-order valence-electron chi connectivity index (χ3n) is 3.59. The molecule has 0 aromatic heterocycles. The van der Waals surface area contributed by atoms with Gasteiger partial charge in [-0.05, 0) is 45.4 Å². The summed E-state index contributed by atoms with van der Waals surface area (Å²) in [6, 6.07) is 6.99. The summed E-state index contributed by atoms with van der Waals surface area (Å²) in [5, 5.41) is 9.99. The van der Waals surface area contributed by atoms with Crippen LogP contribution in [0, 0.1) is 0 Å². The Hall–Kier alpha value is -0.670. The van der Waals surface area contributed by atoms with Crippen LogP contribution >= 0.6 is 11.8 Å². The topological polar surface area (TPSA) is 23.5 Å². The molecular formula is C15H23NOS. The quantitative estimate of drug-likeness (QED) is 0.901. The first kappa shape index (κ1) is 13.8. The van der Waals surface area contributed by atoms with Crippen LogP contribution in [0.5, 0.6) is 5.75 Å². The van der Waals surface area contributed by atoms with Gasteiger partial charge >= 0.3 is 0 Å². The Bertz CT molecular complexity index is 405. The molecule has 1 unspecified atom stereocenters. The van der Waals surface area contributed by atoms with Crippen molar-refractivity contribution in [3.8, 4) is 5.75 Å². The smallest absolute Gasteiger partial charge is 0.119 e. The maximum atomic E-state index is 9.99. The van der Waals surface area contributed by atoms with Gasteiger partial charge in [0.25, 0.3) is 0 Å². The molecule has 0 radical (unpaired) electrons. The number of benzene rings is 1. The standard InChI is InChI=1S/C15H23NOS/c1-4-8-16(11(2)3)12-9-13-14(17)6-5-7-15(13)18-10-12/h5-7,11-12,17H,4,8-10H2,1-3H3. The first-order valence-electron chi connectivity index (χ1n) is 6.82. The Morgan fingerprint density at radius 1 is 1.44 bits per heavy atom. The average molecular weight is 265 g/mol. The second kappa shape index (κ2) is 5.98. The predicted octanol–water partition coefficient (Wildman–Crippen LogP) is 3.53. The Kier molecular flexibility index (Phi) is 4.57. The minimum Gasteiger partial charge on any atom is -0.508 e. The van der Waals surface area contributed by atoms with Crippen molar-refractivity contribution in [2.75, 3.05) is 12.3 Å². The molecule has 0 saturated carbocycles. The van der Waals surface area contributed by atoms with Gasteiger partial charge in [-0.15, -0.1) is 11.8 Å². The largest absolute Gasteiger partial charge is 0.508 e. The summed E-state index contributed by atoms with van der Waals surface area (Å²) in [6.45, 7) is 7.91. The number of fused-ring (bicyclic) bond motifs is 1. The third kappa shape index (κ3) is 2.83. The van der Waals surface area contributed by atoms with Gasteiger partial charge in [0.1, 0.15) is 5.75 Å². The van der Waals surface area contributed by atoms with Gasteiger partial charge in [-0.3, -0.25) is 4.90 Å². The van der Waals surface area contributed by atoms with Crippen LogP contribution in [0.15, 0.2) is 23.1 Å². The molecule has 0 spiro atoms. The number of phenols is 1. The minimum atomic E-state index is 0.463. The molecule has 1 heterocycles. The van der Waals surface area contributed by atoms with Crippen LogP contribution < -0.4 is 0 Å². The number of hydrogen-bond donors (Lipinski definition) is 1. The molecule has 1 aromatic carbocycles. The van der Waals surface area contributed by atoms with Crippen LogP contribution in [0.3, 0.4) is 0 Å². The van der Waals surface area contributed by atoms with Crippen LogP contribution in [-0.4, -0.2) is 34.4 Å². The zero-order chi connectivity index (χ0) is 13.1. The zero-order valence-electron chi connectivity index (χ0n) is 11.5. The summed E-state index contributed by atoms with van der Waals surface area (Å²) in [7, 11) is 0. The number of rotatable bonds is 4. The molecule has 1 aliphatic rings. The van der Waals surface area contributed by atoms with Crippen molar-refractivity contribution in [3.05, 3.63) is 23.8 Å². The molecule has 18 heavy (non-hydrogen) atoms. The maximum absolute atomic E-state index is 9.99. The van der Waals surface area contributed by atoms with Crippen molar-refractivity contribution in [2.24, 2.45) is 0 Å². The van der Waals surface area contributed by atoms with Gasteiger partial charge in [0.15, 0.2) is 0 Å². The van der Waals surface area contributed by atoms with E-state index in [-0.39, 0.29) is 0 Å². The molecular weight excluding hydrogens is 242 g/mol. The molecule has 0 saturated heterocycles. The Morgan fingerprint density at radius 3 is 2.89 bits per heavy atom. The van der Waals surface area contributed by atoms with Crippen molar-refractivity contribution in [3.63, 3.8) is 0 Å². The lowest BCUT2D eigenvalue weighted by atomic mass is 10.0. The summed E-state index contributed by atoms with van der Waals surface area (Å²) in [4.78, 5) is 3.83. The van der Waals surface area contributed by atoms with E-state index in [9.17, 15) is 5.11 Å². The summed E-state index contributed by atoms with van der Waals surface area (Å²) in [5.74, 6) is 1.60. The number of phenolic OH excluding ortho intramolecular Hbond substituents is 1. The maximum Gasteiger partial charge on any atom is 0.119 e. The van der Waals surface area contributed by atoms with Gasteiger partial charge in [0.05, 0.1) is 0 Å². The fourth-order valence-electron chi connectivity index (χ4n) is 2.71. The number of nitrogens with zero attached hydrogens (tertiary/aromatic N) is 1. The second-order valence-corrected chi connectivity index (χ2v) is 6.32. The highest BCUT2D eigenvalue weighted by Gasteiger charge is 2.27. The highest BCUT2D eigenvalue weighted by molar-refractivity contribution is 7.99. The van der Waals surface area contributed by atoms with Gasteiger partial charge in [0, 0.05) is 28.3 Å². The number of aromatic hydroxyl groups is 1. The Morgan fingerprint density at radius 2 is 2.22 bits per heavy atom. The number of hydrogen-bond acceptors (Lipinski definition) is 3. The van der Waals surface area contributed by atoms with Crippen LogP contribution in [0.4, 0.5) is 0 Å². The molecule has 3 heteroatoms. The van der Waals surface area contributed by atoms with Crippen LogP contribution in [0.2, 0.25) is 0 Å². The molecule has 100 valence electrons. The molecule has 1 N–H and O–H groups in total. The van der Waals surface area contributed by atoms with Crippen molar-refractivity contribution in [1.82, 2.24) is 4.90 Å². The molecule has 0 aliphatic carbocycles. The normalized spacial score (nSPS) is 19.3. The fourth-order valence-corrected chi connectivity index (χ4v) is 3.93. The average Bonchev–Trinajstić information content (AvgIpc) is 2.36. The highest BCUT2D eigenvalue weighted by atomic mass is 32.2. The first-order valence-corrected chi connectivity index (χ1v) is 7.81. The Labute approximate surface area is 114 Å². The van der Waals surface area contributed by atoms with E-state index in [2.05, 4.69) is 31.7 Å². The second-order valence-electron chi connectivity index (χ2n) is 5.25. The van der Waals surface area contributed by atoms with Crippen molar-refractivity contribution >= 4 is 11.8 Å². The Balaban J connectivity index is 2.17. The molecule has 0 fully saturated rings. The monoisotopic (exact) mass is 265 g/mol. The van der Waals surface area contributed by atoms with E-state index >= 15 is 0 Å². The van der Waals surface area contributed by atoms with Gasteiger partial charge in [-0.1, -0.05) is 13.0 Å². The van der Waals surface area contributed by atoms with Gasteiger partial charge in [-0.2, -0.15) is 0 Å². The van der Waals surface area contributed by atoms with E-state index in [1.165, 1.54) is 11.3 Å². The van der Waals surface area contributed by atoms with E-state index < -0.39 is 0 Å². The van der Waals surface area contributed by atoms with Crippen molar-refractivity contribution in [1.29, 1.82) is 0 Å². The molecule has 1 atom stereocenters. The van der Waals surface area contributed by atoms with Gasteiger partial charge in [0.2, 0.25) is 0 Å². The minimum absolute atomic E-state index is 0.463. The molecule has 1 aromatic rings. The summed E-state index contributed by atoms with van der Waals surface area (Å²) < 4.78 is 0. The lowest BCUT2D eigenvalue weighted by Crippen LogP contribution is -2.44. The van der Waals surface area contributed by atoms with Crippen molar-refractivity contribution < 1.29 is 5.11 Å². The van der Waals surface area contributed by atoms with E-state index in [0.717, 1.165) is 24.3 Å². The van der Waals surface area contributed by atoms with Crippen LogP contribution in [0.25, 0.3) is 0 Å². The summed E-state index contributed by atoms with van der Waals surface area (Å²) in [5.41, 5.74) is 1.14. The van der Waals surface area contributed by atoms with E-state index in [4.69, 9.17) is 0 Å². The third-order valence-corrected chi connectivity index (χ3v) is 4.84. The summed E-state index contributed by atoms with van der Waals surface area (Å²) in [6.07, 6.45) is 2.17. The first-order chi connectivity index (χ1) is 8.63. The summed E-state index contributed by atoms with van der Waals surface area (Å²) >= 11 is 1.88. The van der Waals surface area contributed by atoms with E-state index in [1.807, 2.05) is 17.8 Å². The van der Waals surface area contributed by atoms with Gasteiger partial charge in [-0.25, -0.2) is 0 Å². The molecule has 1 aliphatic heterocycles. The van der Waals surface area contributed by atoms with Crippen LogP contribution in [0.1, 0.15) is 32.8 Å². The fraction of sp³-hybridized carbons (Fsp3) is 0.600. The SMILES string of the molecule is CCCN(C(C)C)C1CSc2cccc(O)c2C1. The molecule has 0 bridgehead atoms. The molecule has 2 rings (SSSR count). The van der Waals surface area contributed by atoms with Crippen molar-refractivity contribution in [2.45, 2.75) is 50.6 Å². The predicted molar refractivity (Wildman–Crippen MR) is 78.5 cm³/mol. The molecule has 0 amide bonds. The molecule has 2 nitrogen and oxygen atoms in total. The van der Waals surface area contributed by atoms with E-state index in [0.29, 0.717) is 17.8 Å². The highest BCUT2D eigenvalue weighted by Crippen LogP contribution is 2.37. The lowest BCUT2D eigenvalue weighted by molar-refractivity contribution is 0.164. The van der Waals surface area contributed by atoms with Gasteiger partial charge < -0.3 is 5.11 Å². The lowest BCUT2D eigenvalue weighted by Gasteiger charge is -2.37. The number of thioether (sulfide) groups is 1.